The molecular weight excluding hydrogens is 231 g/mol. The Morgan fingerprint density at radius 1 is 1.44 bits per heavy atom. The molecule has 1 aliphatic rings. The molecule has 0 saturated heterocycles. The summed E-state index contributed by atoms with van der Waals surface area (Å²) in [5, 5.41) is 3.39. The van der Waals surface area contributed by atoms with Gasteiger partial charge in [0, 0.05) is 12.5 Å². The summed E-state index contributed by atoms with van der Waals surface area (Å²) >= 11 is 0. The number of nitrogens with one attached hydrogen (secondary N) is 1. The van der Waals surface area contributed by atoms with Gasteiger partial charge in [0.1, 0.15) is 5.82 Å². The highest BCUT2D eigenvalue weighted by Crippen LogP contribution is 2.36. The van der Waals surface area contributed by atoms with Gasteiger partial charge in [-0.05, 0) is 49.4 Å². The molecule has 1 saturated carbocycles. The molecule has 0 unspecified atom stereocenters. The van der Waals surface area contributed by atoms with Gasteiger partial charge in [-0.25, -0.2) is 4.39 Å². The Kier molecular flexibility index (Phi) is 4.31. The maximum Gasteiger partial charge on any atom is 0.217 e. The molecule has 0 atom stereocenters. The van der Waals surface area contributed by atoms with Crippen LogP contribution >= 0.6 is 0 Å². The lowest BCUT2D eigenvalue weighted by molar-refractivity contribution is -0.118. The molecule has 2 rings (SSSR count). The predicted octanol–water partition coefficient (Wildman–Crippen LogP) is 1.93. The van der Waals surface area contributed by atoms with Gasteiger partial charge >= 0.3 is 0 Å². The van der Waals surface area contributed by atoms with Crippen LogP contribution in [0.5, 0.6) is 0 Å². The van der Waals surface area contributed by atoms with Crippen LogP contribution in [-0.2, 0) is 4.79 Å². The van der Waals surface area contributed by atoms with Crippen molar-refractivity contribution in [2.24, 2.45) is 5.73 Å². The van der Waals surface area contributed by atoms with Gasteiger partial charge in [-0.3, -0.25) is 4.79 Å². The number of hydrogen-bond acceptors (Lipinski definition) is 2. The maximum atomic E-state index is 13.0. The van der Waals surface area contributed by atoms with Gasteiger partial charge in [0.15, 0.2) is 0 Å². The second kappa shape index (κ2) is 5.96. The van der Waals surface area contributed by atoms with Crippen LogP contribution < -0.4 is 11.1 Å². The molecular formula is C14H19FN2O. The van der Waals surface area contributed by atoms with E-state index in [9.17, 15) is 9.18 Å². The molecule has 0 spiro atoms. The van der Waals surface area contributed by atoms with Crippen molar-refractivity contribution in [1.82, 2.24) is 5.32 Å². The van der Waals surface area contributed by atoms with E-state index in [1.807, 2.05) is 6.07 Å². The Morgan fingerprint density at radius 2 is 2.22 bits per heavy atom. The zero-order chi connectivity index (χ0) is 13.0. The van der Waals surface area contributed by atoms with Crippen molar-refractivity contribution in [3.05, 3.63) is 35.6 Å². The number of amides is 1. The van der Waals surface area contributed by atoms with Gasteiger partial charge in [-0.15, -0.1) is 0 Å². The van der Waals surface area contributed by atoms with Gasteiger partial charge in [-0.2, -0.15) is 0 Å². The number of carbonyl (C=O) groups is 1. The molecule has 0 aromatic heterocycles. The van der Waals surface area contributed by atoms with Crippen molar-refractivity contribution in [2.75, 3.05) is 6.54 Å². The van der Waals surface area contributed by atoms with Crippen LogP contribution in [0.15, 0.2) is 24.3 Å². The van der Waals surface area contributed by atoms with E-state index >= 15 is 0 Å². The topological polar surface area (TPSA) is 55.1 Å². The van der Waals surface area contributed by atoms with E-state index < -0.39 is 0 Å². The van der Waals surface area contributed by atoms with Crippen LogP contribution in [0.2, 0.25) is 0 Å². The molecule has 1 aliphatic carbocycles. The molecule has 18 heavy (non-hydrogen) atoms. The van der Waals surface area contributed by atoms with Crippen molar-refractivity contribution >= 4 is 5.91 Å². The Balaban J connectivity index is 1.66. The highest BCUT2D eigenvalue weighted by Gasteiger charge is 2.29. The highest BCUT2D eigenvalue weighted by atomic mass is 19.1. The van der Waals surface area contributed by atoms with Crippen LogP contribution in [0.1, 0.15) is 37.2 Å². The van der Waals surface area contributed by atoms with Gasteiger partial charge in [0.25, 0.3) is 0 Å². The zero-order valence-electron chi connectivity index (χ0n) is 10.4. The Labute approximate surface area is 107 Å². The summed E-state index contributed by atoms with van der Waals surface area (Å²) in [6.45, 7) is 0.823. The minimum Gasteiger partial charge on any atom is -0.370 e. The van der Waals surface area contributed by atoms with Crippen molar-refractivity contribution in [2.45, 2.75) is 37.6 Å². The standard InChI is InChI=1S/C14H19FN2O/c15-12-4-1-3-10(7-12)11-8-13(9-11)17-6-2-5-14(16)18/h1,3-4,7,11,13,17H,2,5-6,8-9H2,(H2,16,18). The SMILES string of the molecule is NC(=O)CCCNC1CC(c2cccc(F)c2)C1. The van der Waals surface area contributed by atoms with E-state index in [0.717, 1.165) is 31.4 Å². The van der Waals surface area contributed by atoms with E-state index in [1.54, 1.807) is 12.1 Å². The molecule has 1 aromatic carbocycles. The summed E-state index contributed by atoms with van der Waals surface area (Å²) < 4.78 is 13.0. The van der Waals surface area contributed by atoms with Gasteiger partial charge < -0.3 is 11.1 Å². The lowest BCUT2D eigenvalue weighted by Crippen LogP contribution is -2.40. The van der Waals surface area contributed by atoms with E-state index in [2.05, 4.69) is 5.32 Å². The molecule has 0 bridgehead atoms. The van der Waals surface area contributed by atoms with Crippen LogP contribution in [0.3, 0.4) is 0 Å². The molecule has 3 N–H and O–H groups in total. The Bertz CT molecular complexity index is 416. The Morgan fingerprint density at radius 3 is 2.89 bits per heavy atom. The zero-order valence-corrected chi connectivity index (χ0v) is 10.4. The van der Waals surface area contributed by atoms with Crippen molar-refractivity contribution in [1.29, 1.82) is 0 Å². The van der Waals surface area contributed by atoms with Crippen LogP contribution in [0.4, 0.5) is 4.39 Å². The second-order valence-electron chi connectivity index (χ2n) is 4.94. The van der Waals surface area contributed by atoms with Crippen LogP contribution in [0, 0.1) is 5.82 Å². The van der Waals surface area contributed by atoms with Crippen molar-refractivity contribution in [3.63, 3.8) is 0 Å². The number of hydrogen-bond donors (Lipinski definition) is 2. The third kappa shape index (κ3) is 3.53. The van der Waals surface area contributed by atoms with Crippen molar-refractivity contribution in [3.8, 4) is 0 Å². The van der Waals surface area contributed by atoms with Crippen LogP contribution in [0.25, 0.3) is 0 Å². The summed E-state index contributed by atoms with van der Waals surface area (Å²) in [4.78, 5) is 10.6. The molecule has 1 fully saturated rings. The molecule has 3 nitrogen and oxygen atoms in total. The first-order valence-corrected chi connectivity index (χ1v) is 6.42. The van der Waals surface area contributed by atoms with Crippen molar-refractivity contribution < 1.29 is 9.18 Å². The minimum atomic E-state index is -0.247. The van der Waals surface area contributed by atoms with Gasteiger partial charge in [-0.1, -0.05) is 12.1 Å². The van der Waals surface area contributed by atoms with E-state index in [1.165, 1.54) is 6.07 Å². The third-order valence-electron chi connectivity index (χ3n) is 3.49. The monoisotopic (exact) mass is 250 g/mol. The summed E-state index contributed by atoms with van der Waals surface area (Å²) in [5.74, 6) is 0.0581. The van der Waals surface area contributed by atoms with E-state index in [-0.39, 0.29) is 11.7 Å². The summed E-state index contributed by atoms with van der Waals surface area (Å²) in [6.07, 6.45) is 3.31. The molecule has 0 radical (unpaired) electrons. The fraction of sp³-hybridized carbons (Fsp3) is 0.500. The maximum absolute atomic E-state index is 13.0. The molecule has 98 valence electrons. The first-order valence-electron chi connectivity index (χ1n) is 6.42. The highest BCUT2D eigenvalue weighted by molar-refractivity contribution is 5.73. The quantitative estimate of drug-likeness (QED) is 0.758. The number of nitrogens with two attached hydrogens (primary N) is 1. The predicted molar refractivity (Wildman–Crippen MR) is 68.6 cm³/mol. The summed E-state index contributed by atoms with van der Waals surface area (Å²) in [6, 6.07) is 7.33. The van der Waals surface area contributed by atoms with Gasteiger partial charge in [0.2, 0.25) is 5.91 Å². The molecule has 0 aliphatic heterocycles. The first kappa shape index (κ1) is 13.0. The van der Waals surface area contributed by atoms with E-state index in [4.69, 9.17) is 5.73 Å². The fourth-order valence-electron chi connectivity index (χ4n) is 2.39. The largest absolute Gasteiger partial charge is 0.370 e. The summed E-state index contributed by atoms with van der Waals surface area (Å²) in [5.41, 5.74) is 6.15. The lowest BCUT2D eigenvalue weighted by Gasteiger charge is -2.36. The number of primary amides is 1. The summed E-state index contributed by atoms with van der Waals surface area (Å²) in [7, 11) is 0. The fourth-order valence-corrected chi connectivity index (χ4v) is 2.39. The number of halogens is 1. The number of carbonyl (C=O) groups excluding carboxylic acids is 1. The van der Waals surface area contributed by atoms with Crippen LogP contribution in [-0.4, -0.2) is 18.5 Å². The second-order valence-corrected chi connectivity index (χ2v) is 4.94. The Hall–Kier alpha value is -1.42. The third-order valence-corrected chi connectivity index (χ3v) is 3.49. The smallest absolute Gasteiger partial charge is 0.217 e. The number of benzene rings is 1. The normalized spacial score (nSPS) is 22.5. The molecule has 1 aromatic rings. The first-order chi connectivity index (χ1) is 8.65. The molecule has 1 amide bonds. The van der Waals surface area contributed by atoms with E-state index in [0.29, 0.717) is 18.4 Å². The lowest BCUT2D eigenvalue weighted by atomic mass is 9.76. The minimum absolute atomic E-state index is 0.162. The number of rotatable bonds is 6. The molecule has 0 heterocycles. The average molecular weight is 250 g/mol. The molecule has 4 heteroatoms. The van der Waals surface area contributed by atoms with Gasteiger partial charge in [0.05, 0.1) is 0 Å². The average Bonchev–Trinajstić information content (AvgIpc) is 2.25.